The molecule has 0 bridgehead atoms. The Morgan fingerprint density at radius 1 is 1.44 bits per heavy atom. The Morgan fingerprint density at radius 3 is 2.56 bits per heavy atom. The quantitative estimate of drug-likeness (QED) is 0.866. The number of amides is 1. The Kier molecular flexibility index (Phi) is 5.11. The van der Waals surface area contributed by atoms with E-state index < -0.39 is 6.09 Å². The predicted octanol–water partition coefficient (Wildman–Crippen LogP) is 3.03. The topological polar surface area (TPSA) is 47.6 Å². The van der Waals surface area contributed by atoms with Crippen LogP contribution in [0.1, 0.15) is 6.92 Å². The molecule has 0 heterocycles. The van der Waals surface area contributed by atoms with Crippen LogP contribution in [0.3, 0.4) is 0 Å². The van der Waals surface area contributed by atoms with Crippen LogP contribution < -0.4 is 10.1 Å². The summed E-state index contributed by atoms with van der Waals surface area (Å²) in [6, 6.07) is 7.03. The summed E-state index contributed by atoms with van der Waals surface area (Å²) in [6.07, 6.45) is -0.615. The molecular weight excluding hydrogens is 274 g/mol. The van der Waals surface area contributed by atoms with Crippen molar-refractivity contribution in [3.05, 3.63) is 24.3 Å². The molecular formula is C11H14BrNO3. The molecule has 0 aliphatic heterocycles. The summed E-state index contributed by atoms with van der Waals surface area (Å²) in [6.45, 7) is 1.81. The fourth-order valence-corrected chi connectivity index (χ4v) is 1.17. The first-order valence-corrected chi connectivity index (χ1v) is 5.95. The molecule has 1 aromatic rings. The van der Waals surface area contributed by atoms with E-state index in [-0.39, 0.29) is 6.10 Å². The highest BCUT2D eigenvalue weighted by atomic mass is 79.9. The smallest absolute Gasteiger partial charge is 0.411 e. The van der Waals surface area contributed by atoms with Gasteiger partial charge in [-0.3, -0.25) is 5.32 Å². The van der Waals surface area contributed by atoms with Gasteiger partial charge < -0.3 is 9.47 Å². The average molecular weight is 288 g/mol. The standard InChI is InChI=1S/C11H14BrNO3/c1-8(7-12)16-11(14)13-9-3-5-10(15-2)6-4-9/h3-6,8H,7H2,1-2H3,(H,13,14). The molecule has 5 heteroatoms. The van der Waals surface area contributed by atoms with Gasteiger partial charge in [0.2, 0.25) is 0 Å². The first-order chi connectivity index (χ1) is 7.65. The van der Waals surface area contributed by atoms with E-state index in [1.807, 2.05) is 6.92 Å². The highest BCUT2D eigenvalue weighted by Crippen LogP contribution is 2.15. The number of ether oxygens (including phenoxy) is 2. The van der Waals surface area contributed by atoms with Crippen molar-refractivity contribution in [2.75, 3.05) is 17.8 Å². The van der Waals surface area contributed by atoms with Gasteiger partial charge in [0.25, 0.3) is 0 Å². The Bertz CT molecular complexity index is 340. The highest BCUT2D eigenvalue weighted by molar-refractivity contribution is 9.09. The van der Waals surface area contributed by atoms with E-state index in [2.05, 4.69) is 21.2 Å². The molecule has 0 aliphatic carbocycles. The van der Waals surface area contributed by atoms with Crippen molar-refractivity contribution < 1.29 is 14.3 Å². The fourth-order valence-electron chi connectivity index (χ4n) is 1.04. The van der Waals surface area contributed by atoms with Crippen LogP contribution in [0, 0.1) is 0 Å². The maximum Gasteiger partial charge on any atom is 0.411 e. The second-order valence-corrected chi connectivity index (χ2v) is 3.87. The zero-order chi connectivity index (χ0) is 12.0. The predicted molar refractivity (Wildman–Crippen MR) is 66.4 cm³/mol. The molecule has 0 saturated heterocycles. The van der Waals surface area contributed by atoms with Gasteiger partial charge in [-0.25, -0.2) is 4.79 Å². The van der Waals surface area contributed by atoms with Crippen LogP contribution in [-0.2, 0) is 4.74 Å². The number of benzene rings is 1. The maximum absolute atomic E-state index is 11.4. The second-order valence-electron chi connectivity index (χ2n) is 3.22. The molecule has 88 valence electrons. The molecule has 0 aromatic heterocycles. The summed E-state index contributed by atoms with van der Waals surface area (Å²) < 4.78 is 10.0. The van der Waals surface area contributed by atoms with Crippen LogP contribution in [-0.4, -0.2) is 24.6 Å². The molecule has 0 fully saturated rings. The van der Waals surface area contributed by atoms with Crippen LogP contribution in [0.5, 0.6) is 5.75 Å². The van der Waals surface area contributed by atoms with Crippen LogP contribution in [0.25, 0.3) is 0 Å². The first-order valence-electron chi connectivity index (χ1n) is 4.83. The third-order valence-electron chi connectivity index (χ3n) is 1.86. The molecule has 1 amide bonds. The van der Waals surface area contributed by atoms with Crippen LogP contribution in [0.2, 0.25) is 0 Å². The largest absolute Gasteiger partial charge is 0.497 e. The average Bonchev–Trinajstić information content (AvgIpc) is 2.29. The number of anilines is 1. The fraction of sp³-hybridized carbons (Fsp3) is 0.364. The number of carbonyl (C=O) groups excluding carboxylic acids is 1. The summed E-state index contributed by atoms with van der Waals surface area (Å²) in [5.41, 5.74) is 0.674. The van der Waals surface area contributed by atoms with Gasteiger partial charge in [-0.15, -0.1) is 0 Å². The lowest BCUT2D eigenvalue weighted by Crippen LogP contribution is -2.20. The molecule has 1 atom stereocenters. The van der Waals surface area contributed by atoms with E-state index in [1.165, 1.54) is 0 Å². The van der Waals surface area contributed by atoms with Gasteiger partial charge >= 0.3 is 6.09 Å². The van der Waals surface area contributed by atoms with Crippen LogP contribution >= 0.6 is 15.9 Å². The highest BCUT2D eigenvalue weighted by Gasteiger charge is 2.07. The molecule has 1 rings (SSSR count). The van der Waals surface area contributed by atoms with E-state index in [9.17, 15) is 4.79 Å². The maximum atomic E-state index is 11.4. The van der Waals surface area contributed by atoms with Crippen molar-refractivity contribution in [3.63, 3.8) is 0 Å². The number of rotatable bonds is 4. The number of carbonyl (C=O) groups is 1. The zero-order valence-corrected chi connectivity index (χ0v) is 10.8. The molecule has 0 spiro atoms. The van der Waals surface area contributed by atoms with Crippen molar-refractivity contribution in [2.24, 2.45) is 0 Å². The van der Waals surface area contributed by atoms with Crippen molar-refractivity contribution >= 4 is 27.7 Å². The Morgan fingerprint density at radius 2 is 2.06 bits per heavy atom. The van der Waals surface area contributed by atoms with E-state index in [4.69, 9.17) is 9.47 Å². The molecule has 1 N–H and O–H groups in total. The first kappa shape index (κ1) is 12.8. The molecule has 1 unspecified atom stereocenters. The normalized spacial score (nSPS) is 11.7. The SMILES string of the molecule is COc1ccc(NC(=O)OC(C)CBr)cc1. The number of methoxy groups -OCH3 is 1. The summed E-state index contributed by atoms with van der Waals surface area (Å²) >= 11 is 3.23. The van der Waals surface area contributed by atoms with Gasteiger partial charge in [0.1, 0.15) is 11.9 Å². The van der Waals surface area contributed by atoms with E-state index in [0.29, 0.717) is 11.0 Å². The molecule has 0 aliphatic rings. The molecule has 16 heavy (non-hydrogen) atoms. The number of hydrogen-bond acceptors (Lipinski definition) is 3. The number of halogens is 1. The van der Waals surface area contributed by atoms with E-state index in [1.54, 1.807) is 31.4 Å². The summed E-state index contributed by atoms with van der Waals surface area (Å²) in [4.78, 5) is 11.4. The minimum absolute atomic E-state index is 0.154. The molecule has 1 aromatic carbocycles. The minimum Gasteiger partial charge on any atom is -0.497 e. The lowest BCUT2D eigenvalue weighted by Gasteiger charge is -2.11. The van der Waals surface area contributed by atoms with Gasteiger partial charge in [-0.2, -0.15) is 0 Å². The zero-order valence-electron chi connectivity index (χ0n) is 9.20. The summed E-state index contributed by atoms with van der Waals surface area (Å²) in [5, 5.41) is 3.24. The Labute approximate surface area is 103 Å². The van der Waals surface area contributed by atoms with Gasteiger partial charge in [0, 0.05) is 11.0 Å². The van der Waals surface area contributed by atoms with Crippen molar-refractivity contribution in [1.29, 1.82) is 0 Å². The van der Waals surface area contributed by atoms with Gasteiger partial charge in [-0.1, -0.05) is 15.9 Å². The number of nitrogens with one attached hydrogen (secondary N) is 1. The van der Waals surface area contributed by atoms with Crippen molar-refractivity contribution in [3.8, 4) is 5.75 Å². The summed E-state index contributed by atoms with van der Waals surface area (Å²) in [5.74, 6) is 0.743. The minimum atomic E-state index is -0.461. The second kappa shape index (κ2) is 6.37. The van der Waals surface area contributed by atoms with Gasteiger partial charge in [-0.05, 0) is 31.2 Å². The van der Waals surface area contributed by atoms with E-state index in [0.717, 1.165) is 5.75 Å². The van der Waals surface area contributed by atoms with E-state index >= 15 is 0 Å². The third kappa shape index (κ3) is 4.10. The Hall–Kier alpha value is -1.23. The lowest BCUT2D eigenvalue weighted by molar-refractivity contribution is 0.132. The monoisotopic (exact) mass is 287 g/mol. The molecule has 0 saturated carbocycles. The third-order valence-corrected chi connectivity index (χ3v) is 2.77. The van der Waals surface area contributed by atoms with Gasteiger partial charge in [0.05, 0.1) is 7.11 Å². The van der Waals surface area contributed by atoms with Crippen LogP contribution in [0.4, 0.5) is 10.5 Å². The summed E-state index contributed by atoms with van der Waals surface area (Å²) in [7, 11) is 1.59. The van der Waals surface area contributed by atoms with Crippen molar-refractivity contribution in [2.45, 2.75) is 13.0 Å². The number of alkyl halides is 1. The van der Waals surface area contributed by atoms with Crippen molar-refractivity contribution in [1.82, 2.24) is 0 Å². The number of hydrogen-bond donors (Lipinski definition) is 1. The van der Waals surface area contributed by atoms with Crippen LogP contribution in [0.15, 0.2) is 24.3 Å². The van der Waals surface area contributed by atoms with Gasteiger partial charge in [0.15, 0.2) is 0 Å². The Balaban J connectivity index is 2.49. The molecule has 4 nitrogen and oxygen atoms in total. The lowest BCUT2D eigenvalue weighted by atomic mass is 10.3. The molecule has 0 radical (unpaired) electrons.